The molecule has 48 heavy (non-hydrogen) atoms. The summed E-state index contributed by atoms with van der Waals surface area (Å²) in [6, 6.07) is 21.7. The van der Waals surface area contributed by atoms with Crippen molar-refractivity contribution in [2.45, 2.75) is 72.8 Å². The zero-order valence-electron chi connectivity index (χ0n) is 28.7. The van der Waals surface area contributed by atoms with Crippen molar-refractivity contribution in [3.8, 4) is 17.1 Å². The summed E-state index contributed by atoms with van der Waals surface area (Å²) in [5.41, 5.74) is 7.03. The monoisotopic (exact) mass is 646 g/mol. The molecule has 0 saturated carbocycles. The highest BCUT2D eigenvalue weighted by molar-refractivity contribution is 6.48. The average molecular weight is 647 g/mol. The lowest BCUT2D eigenvalue weighted by molar-refractivity contribution is -0.123. The van der Waals surface area contributed by atoms with Crippen molar-refractivity contribution < 1.29 is 9.53 Å². The predicted molar refractivity (Wildman–Crippen MR) is 197 cm³/mol. The number of anilines is 2. The first-order valence-electron chi connectivity index (χ1n) is 16.8. The number of benzene rings is 3. The van der Waals surface area contributed by atoms with E-state index >= 15 is 0 Å². The Morgan fingerprint density at radius 1 is 1.00 bits per heavy atom. The van der Waals surface area contributed by atoms with Crippen molar-refractivity contribution in [3.63, 3.8) is 0 Å². The number of carbonyl (C=O) groups excluding carboxylic acids is 1. The van der Waals surface area contributed by atoms with Crippen LogP contribution in [-0.4, -0.2) is 64.7 Å². The zero-order chi connectivity index (χ0) is 34.0. The Kier molecular flexibility index (Phi) is 11.5. The van der Waals surface area contributed by atoms with Crippen LogP contribution in [0, 0.1) is 13.8 Å². The van der Waals surface area contributed by atoms with Gasteiger partial charge in [-0.2, -0.15) is 5.10 Å². The van der Waals surface area contributed by atoms with E-state index in [4.69, 9.17) is 14.7 Å². The van der Waals surface area contributed by atoms with Crippen LogP contribution in [0.1, 0.15) is 69.8 Å². The maximum atomic E-state index is 13.4. The standard InChI is InChI=1S/C38H46N8O2/c1-7-9-10-11-12-34(48-33-22-13-26(3)25-27(33)4)38(47)41-31-16-14-29(15-17-31)36-42-37-35(28(5)43-46(37)44-36)40-30-18-20-32(21-19-30)45(8-2)24-23-39-6/h13-22,25,34H,6-12,23-24H2,1-5H3,(H,41,47). The molecular weight excluding hydrogens is 600 g/mol. The molecule has 10 heteroatoms. The van der Waals surface area contributed by atoms with Gasteiger partial charge in [0.2, 0.25) is 5.82 Å². The maximum Gasteiger partial charge on any atom is 0.265 e. The highest BCUT2D eigenvalue weighted by atomic mass is 16.5. The number of aryl methyl sites for hydroxylation is 2. The number of aliphatic imine (C=N–C) groups is 2. The van der Waals surface area contributed by atoms with Gasteiger partial charge in [0.05, 0.1) is 17.9 Å². The Balaban J connectivity index is 1.27. The van der Waals surface area contributed by atoms with Gasteiger partial charge >= 0.3 is 0 Å². The normalized spacial score (nSPS) is 13.6. The molecule has 1 N–H and O–H groups in total. The minimum Gasteiger partial charge on any atom is -0.480 e. The minimum atomic E-state index is -0.587. The largest absolute Gasteiger partial charge is 0.480 e. The van der Waals surface area contributed by atoms with Crippen LogP contribution < -0.4 is 15.0 Å². The second kappa shape index (κ2) is 16.1. The number of aromatic nitrogens is 3. The summed E-state index contributed by atoms with van der Waals surface area (Å²) in [6.07, 6.45) is 4.34. The smallest absolute Gasteiger partial charge is 0.265 e. The molecule has 3 aromatic carbocycles. The minimum absolute atomic E-state index is 0.159. The number of carbonyl (C=O) groups is 1. The summed E-state index contributed by atoms with van der Waals surface area (Å²) in [4.78, 5) is 30.8. The number of unbranched alkanes of at least 4 members (excludes halogenated alkanes) is 3. The first-order chi connectivity index (χ1) is 23.3. The fraction of sp³-hybridized carbons (Fsp3) is 0.368. The number of amides is 1. The third-order valence-electron chi connectivity index (χ3n) is 8.38. The van der Waals surface area contributed by atoms with Gasteiger partial charge in [0.1, 0.15) is 11.5 Å². The second-order valence-electron chi connectivity index (χ2n) is 12.1. The summed E-state index contributed by atoms with van der Waals surface area (Å²) < 4.78 is 6.27. The van der Waals surface area contributed by atoms with Gasteiger partial charge in [0.25, 0.3) is 5.91 Å². The highest BCUT2D eigenvalue weighted by Gasteiger charge is 2.26. The molecule has 5 rings (SSSR count). The Labute approximate surface area is 283 Å². The lowest BCUT2D eigenvalue weighted by Gasteiger charge is -2.22. The van der Waals surface area contributed by atoms with Gasteiger partial charge in [-0.25, -0.2) is 9.98 Å². The second-order valence-corrected chi connectivity index (χ2v) is 12.1. The van der Waals surface area contributed by atoms with Crippen LogP contribution in [0.4, 0.5) is 17.1 Å². The van der Waals surface area contributed by atoms with Crippen molar-refractivity contribution in [2.24, 2.45) is 15.1 Å². The summed E-state index contributed by atoms with van der Waals surface area (Å²) in [5, 5.41) is 12.2. The van der Waals surface area contributed by atoms with E-state index in [0.29, 0.717) is 36.0 Å². The third kappa shape index (κ3) is 8.42. The average Bonchev–Trinajstić information content (AvgIpc) is 3.62. The molecular formula is C38H46N8O2. The SMILES string of the molecule is C=NCCN(CC)c1ccc(N=C2C(C)=Nn3nc(-c4ccc(NC(=O)C(CCCCCC)Oc5ccc(C)cc5C)cc4)nc32)cc1. The van der Waals surface area contributed by atoms with Crippen molar-refractivity contribution in [1.82, 2.24) is 14.9 Å². The maximum absolute atomic E-state index is 13.4. The van der Waals surface area contributed by atoms with E-state index < -0.39 is 6.10 Å². The Morgan fingerprint density at radius 2 is 1.77 bits per heavy atom. The predicted octanol–water partition coefficient (Wildman–Crippen LogP) is 7.80. The lowest BCUT2D eigenvalue weighted by atomic mass is 10.1. The topological polar surface area (TPSA) is 109 Å². The number of nitrogens with zero attached hydrogens (tertiary/aromatic N) is 7. The number of hydrogen-bond acceptors (Lipinski definition) is 8. The van der Waals surface area contributed by atoms with Crippen molar-refractivity contribution >= 4 is 41.1 Å². The molecule has 0 spiro atoms. The summed E-state index contributed by atoms with van der Waals surface area (Å²) >= 11 is 0. The zero-order valence-corrected chi connectivity index (χ0v) is 28.7. The van der Waals surface area contributed by atoms with Gasteiger partial charge in [-0.1, -0.05) is 43.9 Å². The summed E-state index contributed by atoms with van der Waals surface area (Å²) in [6.45, 7) is 16.2. The molecule has 0 fully saturated rings. The fourth-order valence-corrected chi connectivity index (χ4v) is 5.66. The molecule has 1 atom stereocenters. The van der Waals surface area contributed by atoms with E-state index in [1.165, 1.54) is 4.79 Å². The molecule has 0 radical (unpaired) electrons. The van der Waals surface area contributed by atoms with Gasteiger partial charge < -0.3 is 15.0 Å². The molecule has 1 aromatic heterocycles. The van der Waals surface area contributed by atoms with Crippen molar-refractivity contribution in [3.05, 3.63) is 83.7 Å². The van der Waals surface area contributed by atoms with E-state index in [1.807, 2.05) is 69.3 Å². The van der Waals surface area contributed by atoms with Crippen LogP contribution in [0.3, 0.4) is 0 Å². The molecule has 0 bridgehead atoms. The molecule has 2 heterocycles. The molecule has 0 aliphatic carbocycles. The number of nitrogens with one attached hydrogen (secondary N) is 1. The molecule has 1 amide bonds. The fourth-order valence-electron chi connectivity index (χ4n) is 5.66. The van der Waals surface area contributed by atoms with Crippen molar-refractivity contribution in [2.75, 3.05) is 29.9 Å². The van der Waals surface area contributed by atoms with E-state index in [0.717, 1.165) is 78.3 Å². The van der Waals surface area contributed by atoms with E-state index in [-0.39, 0.29) is 5.91 Å². The summed E-state index contributed by atoms with van der Waals surface area (Å²) in [5.74, 6) is 1.70. The van der Waals surface area contributed by atoms with Crippen LogP contribution >= 0.6 is 0 Å². The molecule has 10 nitrogen and oxygen atoms in total. The van der Waals surface area contributed by atoms with Gasteiger partial charge in [-0.05, 0) is 107 Å². The summed E-state index contributed by atoms with van der Waals surface area (Å²) in [7, 11) is 0. The van der Waals surface area contributed by atoms with Crippen LogP contribution in [0.5, 0.6) is 5.75 Å². The van der Waals surface area contributed by atoms with Gasteiger partial charge in [0, 0.05) is 30.0 Å². The molecule has 0 saturated heterocycles. The lowest BCUT2D eigenvalue weighted by Crippen LogP contribution is -2.33. The third-order valence-corrected chi connectivity index (χ3v) is 8.38. The Bertz CT molecular complexity index is 1770. The van der Waals surface area contributed by atoms with Crippen molar-refractivity contribution in [1.29, 1.82) is 0 Å². The number of likely N-dealkylation sites (N-methyl/N-ethyl adjacent to an activating group) is 1. The molecule has 1 aliphatic heterocycles. The number of ether oxygens (including phenoxy) is 1. The number of rotatable bonds is 16. The molecule has 1 unspecified atom stereocenters. The first kappa shape index (κ1) is 34.2. The Morgan fingerprint density at radius 3 is 2.46 bits per heavy atom. The van der Waals surface area contributed by atoms with E-state index in [1.54, 1.807) is 0 Å². The highest BCUT2D eigenvalue weighted by Crippen LogP contribution is 2.26. The van der Waals surface area contributed by atoms with Crippen LogP contribution in [0.25, 0.3) is 11.4 Å². The molecule has 1 aliphatic rings. The van der Waals surface area contributed by atoms with Gasteiger partial charge in [-0.3, -0.25) is 9.79 Å². The molecule has 250 valence electrons. The quantitative estimate of drug-likeness (QED) is 0.0987. The van der Waals surface area contributed by atoms with E-state index in [9.17, 15) is 4.79 Å². The number of hydrogen-bond donors (Lipinski definition) is 1. The van der Waals surface area contributed by atoms with Crippen LogP contribution in [-0.2, 0) is 4.79 Å². The number of fused-ring (bicyclic) bond motifs is 1. The first-order valence-corrected chi connectivity index (χ1v) is 16.8. The van der Waals surface area contributed by atoms with E-state index in [2.05, 4.69) is 64.2 Å². The van der Waals surface area contributed by atoms with Gasteiger partial charge in [0.15, 0.2) is 11.9 Å². The van der Waals surface area contributed by atoms with Crippen LogP contribution in [0.15, 0.2) is 81.8 Å². The van der Waals surface area contributed by atoms with Gasteiger partial charge in [-0.15, -0.1) is 9.89 Å². The Hall–Kier alpha value is -5.12. The molecule has 4 aromatic rings. The van der Waals surface area contributed by atoms with Crippen LogP contribution in [0.2, 0.25) is 0 Å².